The number of hydrogen-bond donors (Lipinski definition) is 0. The zero-order chi connectivity index (χ0) is 18.4. The van der Waals surface area contributed by atoms with E-state index in [1.54, 1.807) is 0 Å². The van der Waals surface area contributed by atoms with E-state index in [0.29, 0.717) is 5.25 Å². The standard InChI is InChI=1S/C21H19ClN4S/c1-14-13-26-20(19(24-21(26)27-14)17-8-2-3-10-23-17)18-9-5-11-25(18)16-7-4-6-15(22)12-16/h2-12,14,19-20H,13H2,1H3. The van der Waals surface area contributed by atoms with Gasteiger partial charge in [0.1, 0.15) is 6.04 Å². The Morgan fingerprint density at radius 3 is 2.85 bits per heavy atom. The fraction of sp³-hybridized carbons (Fsp3) is 0.238. The van der Waals surface area contributed by atoms with Crippen LogP contribution in [0.4, 0.5) is 0 Å². The Labute approximate surface area is 167 Å². The van der Waals surface area contributed by atoms with Crippen molar-refractivity contribution < 1.29 is 0 Å². The molecule has 136 valence electrons. The topological polar surface area (TPSA) is 33.4 Å². The van der Waals surface area contributed by atoms with E-state index in [4.69, 9.17) is 16.6 Å². The van der Waals surface area contributed by atoms with E-state index in [2.05, 4.69) is 51.8 Å². The highest BCUT2D eigenvalue weighted by atomic mass is 35.5. The van der Waals surface area contributed by atoms with E-state index >= 15 is 0 Å². The predicted octanol–water partition coefficient (Wildman–Crippen LogP) is 5.12. The minimum absolute atomic E-state index is 0.00552. The molecule has 3 aromatic rings. The van der Waals surface area contributed by atoms with Crippen LogP contribution >= 0.6 is 23.4 Å². The van der Waals surface area contributed by atoms with Gasteiger partial charge in [-0.25, -0.2) is 0 Å². The maximum Gasteiger partial charge on any atom is 0.160 e. The van der Waals surface area contributed by atoms with Crippen LogP contribution in [0.1, 0.15) is 30.4 Å². The Balaban J connectivity index is 1.62. The molecule has 4 heterocycles. The van der Waals surface area contributed by atoms with Crippen LogP contribution in [0.5, 0.6) is 0 Å². The summed E-state index contributed by atoms with van der Waals surface area (Å²) in [4.78, 5) is 12.1. The number of thioether (sulfide) groups is 1. The van der Waals surface area contributed by atoms with Crippen LogP contribution in [0.25, 0.3) is 5.69 Å². The first-order chi connectivity index (χ1) is 13.2. The zero-order valence-electron chi connectivity index (χ0n) is 14.9. The average Bonchev–Trinajstić information content (AvgIpc) is 3.36. The van der Waals surface area contributed by atoms with Crippen molar-refractivity contribution >= 4 is 28.5 Å². The van der Waals surface area contributed by atoms with Crippen molar-refractivity contribution in [3.05, 3.63) is 83.4 Å². The third-order valence-electron chi connectivity index (χ3n) is 5.05. The van der Waals surface area contributed by atoms with Crippen LogP contribution in [0.15, 0.2) is 72.0 Å². The molecule has 0 N–H and O–H groups in total. The SMILES string of the molecule is CC1CN2C(=NC(c3ccccn3)C2c2cccn2-c2cccc(Cl)c2)S1. The molecule has 0 spiro atoms. The first-order valence-corrected chi connectivity index (χ1v) is 10.3. The molecule has 4 nitrogen and oxygen atoms in total. The first-order valence-electron chi connectivity index (χ1n) is 9.06. The number of hydrogen-bond acceptors (Lipinski definition) is 4. The molecule has 0 bridgehead atoms. The van der Waals surface area contributed by atoms with E-state index < -0.39 is 0 Å². The highest BCUT2D eigenvalue weighted by Crippen LogP contribution is 2.47. The molecule has 1 saturated heterocycles. The van der Waals surface area contributed by atoms with Crippen LogP contribution < -0.4 is 0 Å². The van der Waals surface area contributed by atoms with Gasteiger partial charge < -0.3 is 9.47 Å². The molecule has 0 amide bonds. The van der Waals surface area contributed by atoms with Gasteiger partial charge in [0.2, 0.25) is 0 Å². The van der Waals surface area contributed by atoms with Gasteiger partial charge in [-0.1, -0.05) is 42.4 Å². The van der Waals surface area contributed by atoms with Crippen LogP contribution in [-0.4, -0.2) is 31.4 Å². The predicted molar refractivity (Wildman–Crippen MR) is 112 cm³/mol. The quantitative estimate of drug-likeness (QED) is 0.618. The van der Waals surface area contributed by atoms with E-state index in [-0.39, 0.29) is 12.1 Å². The number of nitrogens with zero attached hydrogens (tertiary/aromatic N) is 4. The number of fused-ring (bicyclic) bond motifs is 1. The molecule has 2 aliphatic rings. The average molecular weight is 395 g/mol. The molecule has 0 radical (unpaired) electrons. The van der Waals surface area contributed by atoms with E-state index in [1.165, 1.54) is 5.69 Å². The summed E-state index contributed by atoms with van der Waals surface area (Å²) in [5, 5.41) is 2.41. The summed E-state index contributed by atoms with van der Waals surface area (Å²) in [6.45, 7) is 3.26. The van der Waals surface area contributed by atoms with Gasteiger partial charge >= 0.3 is 0 Å². The molecule has 0 saturated carbocycles. The molecule has 1 aromatic carbocycles. The molecule has 0 aliphatic carbocycles. The molecule has 1 fully saturated rings. The van der Waals surface area contributed by atoms with Crippen LogP contribution in [0.3, 0.4) is 0 Å². The number of amidine groups is 1. The molecular formula is C21H19ClN4S. The lowest BCUT2D eigenvalue weighted by Crippen LogP contribution is -2.30. The summed E-state index contributed by atoms with van der Waals surface area (Å²) >= 11 is 8.10. The van der Waals surface area contributed by atoms with Crippen molar-refractivity contribution in [3.8, 4) is 5.69 Å². The maximum atomic E-state index is 6.25. The van der Waals surface area contributed by atoms with Crippen molar-refractivity contribution in [1.29, 1.82) is 0 Å². The summed E-state index contributed by atoms with van der Waals surface area (Å²) in [6.07, 6.45) is 3.95. The number of rotatable bonds is 3. The zero-order valence-corrected chi connectivity index (χ0v) is 16.4. The second kappa shape index (κ2) is 6.73. The molecular weight excluding hydrogens is 376 g/mol. The van der Waals surface area contributed by atoms with Gasteiger partial charge in [-0.05, 0) is 42.5 Å². The van der Waals surface area contributed by atoms with Gasteiger partial charge in [0.15, 0.2) is 5.17 Å². The number of aromatic nitrogens is 2. The third kappa shape index (κ3) is 2.95. The van der Waals surface area contributed by atoms with Gasteiger partial charge in [0, 0.05) is 40.6 Å². The third-order valence-corrected chi connectivity index (χ3v) is 6.39. The Morgan fingerprint density at radius 1 is 1.11 bits per heavy atom. The minimum Gasteiger partial charge on any atom is -0.339 e. The van der Waals surface area contributed by atoms with Crippen molar-refractivity contribution in [2.45, 2.75) is 24.3 Å². The second-order valence-corrected chi connectivity index (χ2v) is 8.76. The van der Waals surface area contributed by atoms with Gasteiger partial charge in [-0.2, -0.15) is 0 Å². The van der Waals surface area contributed by atoms with Crippen molar-refractivity contribution in [2.24, 2.45) is 4.99 Å². The summed E-state index contributed by atoms with van der Waals surface area (Å²) in [7, 11) is 0. The van der Waals surface area contributed by atoms with Crippen LogP contribution in [0.2, 0.25) is 5.02 Å². The molecule has 2 aliphatic heterocycles. The lowest BCUT2D eigenvalue weighted by atomic mass is 10.0. The van der Waals surface area contributed by atoms with Gasteiger partial charge in [0.05, 0.1) is 11.7 Å². The van der Waals surface area contributed by atoms with Gasteiger partial charge in [0.25, 0.3) is 0 Å². The molecule has 5 rings (SSSR count). The highest BCUT2D eigenvalue weighted by Gasteiger charge is 2.44. The molecule has 6 heteroatoms. The Kier molecular flexibility index (Phi) is 4.21. The number of pyridine rings is 1. The normalized spacial score (nSPS) is 24.1. The smallest absolute Gasteiger partial charge is 0.160 e. The van der Waals surface area contributed by atoms with Crippen molar-refractivity contribution in [3.63, 3.8) is 0 Å². The molecule has 3 atom stereocenters. The van der Waals surface area contributed by atoms with E-state index in [0.717, 1.165) is 28.1 Å². The Morgan fingerprint density at radius 2 is 2.04 bits per heavy atom. The maximum absolute atomic E-state index is 6.25. The number of aliphatic imine (C=N–C) groups is 1. The fourth-order valence-corrected chi connectivity index (χ4v) is 5.21. The number of halogens is 1. The molecule has 2 aromatic heterocycles. The van der Waals surface area contributed by atoms with Crippen LogP contribution in [-0.2, 0) is 0 Å². The summed E-state index contributed by atoms with van der Waals surface area (Å²) in [6, 6.07) is 18.4. The van der Waals surface area contributed by atoms with Gasteiger partial charge in [-0.15, -0.1) is 0 Å². The number of benzene rings is 1. The molecule has 27 heavy (non-hydrogen) atoms. The van der Waals surface area contributed by atoms with E-state index in [9.17, 15) is 0 Å². The van der Waals surface area contributed by atoms with E-state index in [1.807, 2.05) is 48.3 Å². The molecule has 3 unspecified atom stereocenters. The monoisotopic (exact) mass is 394 g/mol. The fourth-order valence-electron chi connectivity index (χ4n) is 3.93. The highest BCUT2D eigenvalue weighted by molar-refractivity contribution is 8.14. The lowest BCUT2D eigenvalue weighted by Gasteiger charge is -2.28. The lowest BCUT2D eigenvalue weighted by molar-refractivity contribution is 0.312. The summed E-state index contributed by atoms with van der Waals surface area (Å²) in [5.74, 6) is 0. The Hall–Kier alpha value is -2.24. The van der Waals surface area contributed by atoms with Crippen molar-refractivity contribution in [2.75, 3.05) is 6.54 Å². The summed E-state index contributed by atoms with van der Waals surface area (Å²) < 4.78 is 2.22. The largest absolute Gasteiger partial charge is 0.339 e. The Bertz CT molecular complexity index is 1000. The minimum atomic E-state index is -0.00552. The van der Waals surface area contributed by atoms with Crippen molar-refractivity contribution in [1.82, 2.24) is 14.5 Å². The van der Waals surface area contributed by atoms with Gasteiger partial charge in [-0.3, -0.25) is 9.98 Å². The summed E-state index contributed by atoms with van der Waals surface area (Å²) in [5.41, 5.74) is 3.29. The second-order valence-electron chi connectivity index (χ2n) is 6.92. The van der Waals surface area contributed by atoms with Crippen LogP contribution in [0, 0.1) is 0 Å². The first kappa shape index (κ1) is 16.9.